The van der Waals surface area contributed by atoms with E-state index in [1.165, 1.54) is 17.0 Å². The van der Waals surface area contributed by atoms with E-state index in [2.05, 4.69) is 10.4 Å². The molecule has 0 bridgehead atoms. The van der Waals surface area contributed by atoms with Crippen molar-refractivity contribution in [3.63, 3.8) is 0 Å². The first kappa shape index (κ1) is 18.8. The van der Waals surface area contributed by atoms with Gasteiger partial charge in [-0.1, -0.05) is 19.1 Å². The van der Waals surface area contributed by atoms with Crippen LogP contribution in [0.4, 0.5) is 18.0 Å². The number of nitrogens with one attached hydrogen (secondary N) is 1. The van der Waals surface area contributed by atoms with Crippen molar-refractivity contribution in [1.29, 1.82) is 0 Å². The second-order valence-electron chi connectivity index (χ2n) is 5.91. The molecule has 0 spiro atoms. The lowest BCUT2D eigenvalue weighted by atomic mass is 10.1. The van der Waals surface area contributed by atoms with Crippen molar-refractivity contribution in [3.8, 4) is 0 Å². The Hall–Kier alpha value is -2.51. The molecule has 1 aromatic heterocycles. The first-order valence-corrected chi connectivity index (χ1v) is 7.87. The molecule has 2 rings (SSSR count). The maximum Gasteiger partial charge on any atom is 0.416 e. The molecular weight excluding hydrogens is 333 g/mol. The summed E-state index contributed by atoms with van der Waals surface area (Å²) in [7, 11) is 3.40. The Balaban J connectivity index is 1.97. The molecule has 1 unspecified atom stereocenters. The lowest BCUT2D eigenvalue weighted by Gasteiger charge is -2.22. The summed E-state index contributed by atoms with van der Waals surface area (Å²) in [6.07, 6.45) is -0.125. The van der Waals surface area contributed by atoms with E-state index in [4.69, 9.17) is 0 Å². The van der Waals surface area contributed by atoms with Crippen LogP contribution in [0, 0.1) is 0 Å². The zero-order valence-electron chi connectivity index (χ0n) is 14.3. The zero-order valence-corrected chi connectivity index (χ0v) is 14.3. The number of halogens is 3. The van der Waals surface area contributed by atoms with E-state index in [1.807, 2.05) is 13.1 Å². The van der Waals surface area contributed by atoms with Crippen LogP contribution in [0.5, 0.6) is 0 Å². The number of carbonyl (C=O) groups is 1. The van der Waals surface area contributed by atoms with Gasteiger partial charge in [0.1, 0.15) is 0 Å². The minimum Gasteiger partial charge on any atom is -0.331 e. The summed E-state index contributed by atoms with van der Waals surface area (Å²) >= 11 is 0. The first-order valence-electron chi connectivity index (χ1n) is 7.87. The lowest BCUT2D eigenvalue weighted by molar-refractivity contribution is -0.137. The number of nitrogens with zero attached hydrogens (tertiary/aromatic N) is 3. The van der Waals surface area contributed by atoms with Gasteiger partial charge in [0.25, 0.3) is 0 Å². The fourth-order valence-corrected chi connectivity index (χ4v) is 2.45. The fraction of sp³-hybridized carbons (Fsp3) is 0.412. The third-order valence-electron chi connectivity index (χ3n) is 3.88. The molecule has 25 heavy (non-hydrogen) atoms. The Labute approximate surface area is 144 Å². The quantitative estimate of drug-likeness (QED) is 0.889. The van der Waals surface area contributed by atoms with Crippen LogP contribution in [0.15, 0.2) is 36.7 Å². The van der Waals surface area contributed by atoms with E-state index in [1.54, 1.807) is 25.0 Å². The third-order valence-corrected chi connectivity index (χ3v) is 3.88. The molecule has 0 aliphatic heterocycles. The van der Waals surface area contributed by atoms with Crippen molar-refractivity contribution < 1.29 is 18.0 Å². The molecule has 1 aromatic carbocycles. The minimum absolute atomic E-state index is 0.170. The van der Waals surface area contributed by atoms with Crippen molar-refractivity contribution in [2.75, 3.05) is 7.05 Å². The van der Waals surface area contributed by atoms with E-state index < -0.39 is 11.7 Å². The molecule has 1 N–H and O–H groups in total. The number of benzene rings is 1. The third kappa shape index (κ3) is 4.98. The average molecular weight is 354 g/mol. The smallest absolute Gasteiger partial charge is 0.331 e. The van der Waals surface area contributed by atoms with Crippen LogP contribution in [-0.4, -0.2) is 27.8 Å². The molecular formula is C17H21F3N4O. The van der Waals surface area contributed by atoms with E-state index in [0.717, 1.165) is 17.7 Å². The average Bonchev–Trinajstić information content (AvgIpc) is 2.98. The zero-order chi connectivity index (χ0) is 18.6. The highest BCUT2D eigenvalue weighted by Gasteiger charge is 2.30. The molecule has 1 heterocycles. The number of amides is 2. The van der Waals surface area contributed by atoms with Gasteiger partial charge in [-0.2, -0.15) is 18.3 Å². The molecule has 136 valence electrons. The van der Waals surface area contributed by atoms with E-state index in [-0.39, 0.29) is 18.6 Å². The van der Waals surface area contributed by atoms with Crippen LogP contribution in [-0.2, 0) is 19.8 Å². The normalized spacial score (nSPS) is 12.7. The van der Waals surface area contributed by atoms with Crippen molar-refractivity contribution in [2.24, 2.45) is 7.05 Å². The molecule has 1 atom stereocenters. The van der Waals surface area contributed by atoms with Gasteiger partial charge in [-0.25, -0.2) is 4.79 Å². The van der Waals surface area contributed by atoms with E-state index >= 15 is 0 Å². The Bertz CT molecular complexity index is 709. The van der Waals surface area contributed by atoms with E-state index in [0.29, 0.717) is 12.0 Å². The molecule has 5 nitrogen and oxygen atoms in total. The van der Waals surface area contributed by atoms with Gasteiger partial charge in [0, 0.05) is 32.4 Å². The summed E-state index contributed by atoms with van der Waals surface area (Å²) in [4.78, 5) is 13.8. The van der Waals surface area contributed by atoms with Gasteiger partial charge < -0.3 is 10.2 Å². The predicted molar refractivity (Wildman–Crippen MR) is 87.7 cm³/mol. The molecule has 0 saturated carbocycles. The molecule has 2 aromatic rings. The van der Waals surface area contributed by atoms with E-state index in [9.17, 15) is 18.0 Å². The summed E-state index contributed by atoms with van der Waals surface area (Å²) in [5.41, 5.74) is 0.826. The Morgan fingerprint density at radius 3 is 2.44 bits per heavy atom. The number of rotatable bonds is 5. The SMILES string of the molecule is CCC(NC(=O)N(C)Cc1ccc(C(F)(F)F)cc1)c1cnn(C)c1. The van der Waals surface area contributed by atoms with Crippen LogP contribution in [0.2, 0.25) is 0 Å². The van der Waals surface area contributed by atoms with Gasteiger partial charge >= 0.3 is 12.2 Å². The van der Waals surface area contributed by atoms with Crippen LogP contribution >= 0.6 is 0 Å². The first-order chi connectivity index (χ1) is 11.7. The lowest BCUT2D eigenvalue weighted by Crippen LogP contribution is -2.38. The van der Waals surface area contributed by atoms with Gasteiger partial charge in [-0.05, 0) is 24.1 Å². The summed E-state index contributed by atoms with van der Waals surface area (Å²) < 4.78 is 39.4. The Kier molecular flexibility index (Phi) is 5.71. The Morgan fingerprint density at radius 1 is 1.32 bits per heavy atom. The molecule has 2 amide bonds. The number of urea groups is 1. The predicted octanol–water partition coefficient (Wildman–Crippen LogP) is 3.73. The largest absolute Gasteiger partial charge is 0.416 e. The van der Waals surface area contributed by atoms with Crippen LogP contribution < -0.4 is 5.32 Å². The minimum atomic E-state index is -4.36. The van der Waals surface area contributed by atoms with Crippen molar-refractivity contribution in [1.82, 2.24) is 20.0 Å². The number of carbonyl (C=O) groups excluding carboxylic acids is 1. The van der Waals surface area contributed by atoms with Gasteiger partial charge in [-0.3, -0.25) is 4.68 Å². The molecule has 0 aliphatic carbocycles. The number of alkyl halides is 3. The van der Waals surface area contributed by atoms with Gasteiger partial charge in [0.2, 0.25) is 0 Å². The van der Waals surface area contributed by atoms with Gasteiger partial charge in [0.05, 0.1) is 17.8 Å². The highest BCUT2D eigenvalue weighted by atomic mass is 19.4. The number of hydrogen-bond donors (Lipinski definition) is 1. The summed E-state index contributed by atoms with van der Waals surface area (Å²) in [5.74, 6) is 0. The molecule has 0 radical (unpaired) electrons. The van der Waals surface area contributed by atoms with Crippen LogP contribution in [0.25, 0.3) is 0 Å². The second kappa shape index (κ2) is 7.58. The van der Waals surface area contributed by atoms with Crippen molar-refractivity contribution >= 4 is 6.03 Å². The topological polar surface area (TPSA) is 50.2 Å². The van der Waals surface area contributed by atoms with Gasteiger partial charge in [0.15, 0.2) is 0 Å². The van der Waals surface area contributed by atoms with Gasteiger partial charge in [-0.15, -0.1) is 0 Å². The second-order valence-corrected chi connectivity index (χ2v) is 5.91. The number of hydrogen-bond acceptors (Lipinski definition) is 2. The molecule has 0 saturated heterocycles. The molecule has 8 heteroatoms. The number of aromatic nitrogens is 2. The Morgan fingerprint density at radius 2 is 1.96 bits per heavy atom. The summed E-state index contributed by atoms with van der Waals surface area (Å²) in [6, 6.07) is 4.33. The maximum absolute atomic E-state index is 12.6. The number of aryl methyl sites for hydroxylation is 1. The van der Waals surface area contributed by atoms with Crippen molar-refractivity contribution in [3.05, 3.63) is 53.3 Å². The monoisotopic (exact) mass is 354 g/mol. The molecule has 0 fully saturated rings. The van der Waals surface area contributed by atoms with Crippen LogP contribution in [0.1, 0.15) is 36.1 Å². The fourth-order valence-electron chi connectivity index (χ4n) is 2.45. The standard InChI is InChI=1S/C17H21F3N4O/c1-4-15(13-9-21-24(3)11-13)22-16(25)23(2)10-12-5-7-14(8-6-12)17(18,19)20/h5-9,11,15H,4,10H2,1-3H3,(H,22,25). The highest BCUT2D eigenvalue weighted by Crippen LogP contribution is 2.29. The van der Waals surface area contributed by atoms with Crippen LogP contribution in [0.3, 0.4) is 0 Å². The summed E-state index contributed by atoms with van der Waals surface area (Å²) in [5, 5.41) is 7.00. The van der Waals surface area contributed by atoms with Crippen molar-refractivity contribution in [2.45, 2.75) is 32.1 Å². The maximum atomic E-state index is 12.6. The summed E-state index contributed by atoms with van der Waals surface area (Å²) in [6.45, 7) is 2.17. The highest BCUT2D eigenvalue weighted by molar-refractivity contribution is 5.74. The molecule has 0 aliphatic rings.